The molecule has 0 radical (unpaired) electrons. The van der Waals surface area contributed by atoms with E-state index in [-0.39, 0.29) is 0 Å². The standard InChI is InChI=1S/C21H28/c1-3-5-17-7-9-18(10-8-17)20-13-12-19-14-16(4-2)6-11-21(19)15-20/h6,11-15,17-18H,3-5,7-10H2,1-2H3/t17-,18-. The molecule has 0 nitrogen and oxygen atoms in total. The van der Waals surface area contributed by atoms with Crippen LogP contribution in [0.15, 0.2) is 36.4 Å². The lowest BCUT2D eigenvalue weighted by molar-refractivity contribution is 0.308. The van der Waals surface area contributed by atoms with Crippen molar-refractivity contribution in [3.8, 4) is 0 Å². The van der Waals surface area contributed by atoms with E-state index in [9.17, 15) is 0 Å². The van der Waals surface area contributed by atoms with E-state index in [1.54, 1.807) is 5.56 Å². The normalized spacial score (nSPS) is 22.6. The zero-order chi connectivity index (χ0) is 14.7. The number of benzene rings is 2. The van der Waals surface area contributed by atoms with E-state index in [0.29, 0.717) is 0 Å². The molecule has 0 bridgehead atoms. The van der Waals surface area contributed by atoms with Crippen LogP contribution in [0, 0.1) is 5.92 Å². The molecule has 112 valence electrons. The van der Waals surface area contributed by atoms with Crippen molar-refractivity contribution in [3.63, 3.8) is 0 Å². The first kappa shape index (κ1) is 14.6. The summed E-state index contributed by atoms with van der Waals surface area (Å²) in [4.78, 5) is 0. The van der Waals surface area contributed by atoms with Gasteiger partial charge in [-0.1, -0.05) is 63.1 Å². The summed E-state index contributed by atoms with van der Waals surface area (Å²) in [6.45, 7) is 4.55. The molecule has 0 heteroatoms. The third-order valence-corrected chi connectivity index (χ3v) is 5.35. The predicted molar refractivity (Wildman–Crippen MR) is 92.9 cm³/mol. The molecule has 0 N–H and O–H groups in total. The van der Waals surface area contributed by atoms with Gasteiger partial charge in [0.2, 0.25) is 0 Å². The van der Waals surface area contributed by atoms with E-state index in [1.807, 2.05) is 0 Å². The summed E-state index contributed by atoms with van der Waals surface area (Å²) in [5, 5.41) is 2.82. The van der Waals surface area contributed by atoms with Crippen LogP contribution in [0.5, 0.6) is 0 Å². The highest BCUT2D eigenvalue weighted by Crippen LogP contribution is 2.38. The van der Waals surface area contributed by atoms with Gasteiger partial charge in [-0.3, -0.25) is 0 Å². The molecule has 2 aromatic rings. The first-order valence-electron chi connectivity index (χ1n) is 8.82. The molecule has 0 amide bonds. The molecule has 0 atom stereocenters. The lowest BCUT2D eigenvalue weighted by Crippen LogP contribution is -2.13. The summed E-state index contributed by atoms with van der Waals surface area (Å²) >= 11 is 0. The Bertz CT molecular complexity index is 588. The van der Waals surface area contributed by atoms with Gasteiger partial charge in [-0.05, 0) is 65.8 Å². The second kappa shape index (κ2) is 6.64. The molecule has 21 heavy (non-hydrogen) atoms. The van der Waals surface area contributed by atoms with Gasteiger partial charge in [-0.2, -0.15) is 0 Å². The van der Waals surface area contributed by atoms with Crippen molar-refractivity contribution in [2.75, 3.05) is 0 Å². The molecule has 0 aliphatic heterocycles. The summed E-state index contributed by atoms with van der Waals surface area (Å²) in [5.41, 5.74) is 3.01. The van der Waals surface area contributed by atoms with Crippen LogP contribution in [0.2, 0.25) is 0 Å². The molecule has 1 saturated carbocycles. The number of fused-ring (bicyclic) bond motifs is 1. The van der Waals surface area contributed by atoms with Gasteiger partial charge in [0.15, 0.2) is 0 Å². The Morgan fingerprint density at radius 3 is 2.29 bits per heavy atom. The minimum Gasteiger partial charge on any atom is -0.0654 e. The maximum absolute atomic E-state index is 2.44. The third kappa shape index (κ3) is 3.31. The van der Waals surface area contributed by atoms with Gasteiger partial charge in [-0.15, -0.1) is 0 Å². The average Bonchev–Trinajstić information content (AvgIpc) is 2.55. The van der Waals surface area contributed by atoms with Gasteiger partial charge in [0.05, 0.1) is 0 Å². The molecular weight excluding hydrogens is 252 g/mol. The molecule has 3 rings (SSSR count). The van der Waals surface area contributed by atoms with E-state index in [2.05, 4.69) is 50.2 Å². The Labute approximate surface area is 129 Å². The van der Waals surface area contributed by atoms with E-state index in [4.69, 9.17) is 0 Å². The third-order valence-electron chi connectivity index (χ3n) is 5.35. The SMILES string of the molecule is CCC[C@H]1CC[C@H](c2ccc3cc(CC)ccc3c2)CC1. The van der Waals surface area contributed by atoms with Crippen molar-refractivity contribution in [2.24, 2.45) is 5.92 Å². The first-order chi connectivity index (χ1) is 10.3. The van der Waals surface area contributed by atoms with Crippen LogP contribution in [0.1, 0.15) is 69.4 Å². The highest BCUT2D eigenvalue weighted by molar-refractivity contribution is 5.84. The predicted octanol–water partition coefficient (Wildman–Crippen LogP) is 6.48. The van der Waals surface area contributed by atoms with Crippen LogP contribution >= 0.6 is 0 Å². The quantitative estimate of drug-likeness (QED) is 0.601. The van der Waals surface area contributed by atoms with Crippen molar-refractivity contribution in [3.05, 3.63) is 47.5 Å². The average molecular weight is 280 g/mol. The van der Waals surface area contributed by atoms with Crippen molar-refractivity contribution in [1.82, 2.24) is 0 Å². The Morgan fingerprint density at radius 2 is 1.57 bits per heavy atom. The molecule has 0 unspecified atom stereocenters. The van der Waals surface area contributed by atoms with Gasteiger partial charge in [0, 0.05) is 0 Å². The van der Waals surface area contributed by atoms with Crippen LogP contribution in [0.25, 0.3) is 10.8 Å². The summed E-state index contributed by atoms with van der Waals surface area (Å²) in [6, 6.07) is 14.1. The van der Waals surface area contributed by atoms with E-state index in [1.165, 1.54) is 54.9 Å². The van der Waals surface area contributed by atoms with Gasteiger partial charge < -0.3 is 0 Å². The summed E-state index contributed by atoms with van der Waals surface area (Å²) in [7, 11) is 0. The number of aryl methyl sites for hydroxylation is 1. The highest BCUT2D eigenvalue weighted by Gasteiger charge is 2.21. The fourth-order valence-electron chi connectivity index (χ4n) is 3.98. The monoisotopic (exact) mass is 280 g/mol. The first-order valence-corrected chi connectivity index (χ1v) is 8.82. The number of hydrogen-bond acceptors (Lipinski definition) is 0. The molecule has 0 heterocycles. The molecule has 0 saturated heterocycles. The molecule has 1 aliphatic rings. The van der Waals surface area contributed by atoms with Crippen LogP contribution in [-0.2, 0) is 6.42 Å². The molecule has 0 spiro atoms. The molecule has 0 aromatic heterocycles. The highest BCUT2D eigenvalue weighted by atomic mass is 14.3. The largest absolute Gasteiger partial charge is 0.0654 e. The Hall–Kier alpha value is -1.30. The summed E-state index contributed by atoms with van der Waals surface area (Å²) < 4.78 is 0. The van der Waals surface area contributed by atoms with Gasteiger partial charge in [0.25, 0.3) is 0 Å². The van der Waals surface area contributed by atoms with E-state index in [0.717, 1.165) is 18.3 Å². The van der Waals surface area contributed by atoms with Gasteiger partial charge >= 0.3 is 0 Å². The lowest BCUT2D eigenvalue weighted by atomic mass is 9.77. The topological polar surface area (TPSA) is 0 Å². The van der Waals surface area contributed by atoms with Crippen LogP contribution in [0.4, 0.5) is 0 Å². The van der Waals surface area contributed by atoms with Crippen molar-refractivity contribution < 1.29 is 0 Å². The van der Waals surface area contributed by atoms with E-state index >= 15 is 0 Å². The Morgan fingerprint density at radius 1 is 0.857 bits per heavy atom. The molecule has 1 fully saturated rings. The second-order valence-electron chi connectivity index (χ2n) is 6.80. The smallest absolute Gasteiger partial charge is 0.0162 e. The second-order valence-corrected chi connectivity index (χ2v) is 6.80. The van der Waals surface area contributed by atoms with Crippen molar-refractivity contribution in [1.29, 1.82) is 0 Å². The zero-order valence-electron chi connectivity index (χ0n) is 13.6. The minimum absolute atomic E-state index is 0.799. The lowest BCUT2D eigenvalue weighted by Gasteiger charge is -2.28. The van der Waals surface area contributed by atoms with Crippen LogP contribution < -0.4 is 0 Å². The Kier molecular flexibility index (Phi) is 4.63. The maximum Gasteiger partial charge on any atom is -0.0162 e. The Balaban J connectivity index is 1.76. The fourth-order valence-corrected chi connectivity index (χ4v) is 3.98. The van der Waals surface area contributed by atoms with E-state index < -0.39 is 0 Å². The zero-order valence-corrected chi connectivity index (χ0v) is 13.6. The number of rotatable bonds is 4. The maximum atomic E-state index is 2.44. The molecule has 2 aromatic carbocycles. The summed E-state index contributed by atoms with van der Waals surface area (Å²) in [6.07, 6.45) is 9.57. The summed E-state index contributed by atoms with van der Waals surface area (Å²) in [5.74, 6) is 1.80. The number of hydrogen-bond donors (Lipinski definition) is 0. The molecular formula is C21H28. The van der Waals surface area contributed by atoms with Crippen LogP contribution in [0.3, 0.4) is 0 Å². The minimum atomic E-state index is 0.799. The fraction of sp³-hybridized carbons (Fsp3) is 0.524. The van der Waals surface area contributed by atoms with Crippen molar-refractivity contribution >= 4 is 10.8 Å². The van der Waals surface area contributed by atoms with Crippen molar-refractivity contribution in [2.45, 2.75) is 64.7 Å². The van der Waals surface area contributed by atoms with Crippen LogP contribution in [-0.4, -0.2) is 0 Å². The van der Waals surface area contributed by atoms with Gasteiger partial charge in [0.1, 0.15) is 0 Å². The van der Waals surface area contributed by atoms with Gasteiger partial charge in [-0.25, -0.2) is 0 Å². The molecule has 1 aliphatic carbocycles.